The van der Waals surface area contributed by atoms with E-state index in [-0.39, 0.29) is 30.5 Å². The quantitative estimate of drug-likeness (QED) is 0.364. The van der Waals surface area contributed by atoms with Crippen LogP contribution in [0.3, 0.4) is 0 Å². The van der Waals surface area contributed by atoms with E-state index in [1.54, 1.807) is 18.5 Å². The Hall–Kier alpha value is -3.43. The van der Waals surface area contributed by atoms with Crippen LogP contribution in [0.2, 0.25) is 0 Å². The predicted octanol–water partition coefficient (Wildman–Crippen LogP) is 4.46. The number of nitrogens with zero attached hydrogens (tertiary/aromatic N) is 3. The Morgan fingerprint density at radius 1 is 1.10 bits per heavy atom. The lowest BCUT2D eigenvalue weighted by atomic mass is 9.82. The van der Waals surface area contributed by atoms with Crippen LogP contribution < -0.4 is 15.5 Å². The molecule has 0 radical (unpaired) electrons. The van der Waals surface area contributed by atoms with Gasteiger partial charge in [-0.15, -0.1) is 0 Å². The normalized spacial score (nSPS) is 19.2. The molecule has 1 aromatic heterocycles. The van der Waals surface area contributed by atoms with Crippen molar-refractivity contribution >= 4 is 11.9 Å². The molecule has 2 unspecified atom stereocenters. The zero-order valence-electron chi connectivity index (χ0n) is 23.6. The maximum Gasteiger partial charge on any atom is 0.226 e. The van der Waals surface area contributed by atoms with Gasteiger partial charge in [0.1, 0.15) is 11.6 Å². The number of nitrogens with one attached hydrogen (secondary N) is 2. The number of aromatic nitrogens is 2. The number of anilines is 1. The Labute approximate surface area is 235 Å². The summed E-state index contributed by atoms with van der Waals surface area (Å²) in [5, 5.41) is 17.4. The van der Waals surface area contributed by atoms with E-state index < -0.39 is 23.8 Å². The largest absolute Gasteiger partial charge is 0.390 e. The first kappa shape index (κ1) is 29.6. The summed E-state index contributed by atoms with van der Waals surface area (Å²) in [5.74, 6) is -0.849. The molecule has 4 rings (SSSR count). The molecule has 40 heavy (non-hydrogen) atoms. The summed E-state index contributed by atoms with van der Waals surface area (Å²) >= 11 is 0. The van der Waals surface area contributed by atoms with Gasteiger partial charge in [0.25, 0.3) is 0 Å². The van der Waals surface area contributed by atoms with Crippen molar-refractivity contribution in [3.63, 3.8) is 0 Å². The summed E-state index contributed by atoms with van der Waals surface area (Å²) in [4.78, 5) is 22.9. The maximum atomic E-state index is 13.8. The average molecular weight is 552 g/mol. The minimum atomic E-state index is -1.02. The van der Waals surface area contributed by atoms with Crippen LogP contribution in [0, 0.1) is 11.6 Å². The lowest BCUT2D eigenvalue weighted by Gasteiger charge is -2.41. The summed E-state index contributed by atoms with van der Waals surface area (Å²) in [7, 11) is 0. The number of rotatable bonds is 9. The molecule has 9 heteroatoms. The van der Waals surface area contributed by atoms with Crippen molar-refractivity contribution in [1.29, 1.82) is 0 Å². The minimum absolute atomic E-state index is 0.0413. The van der Waals surface area contributed by atoms with E-state index in [0.717, 1.165) is 25.5 Å². The SMILES string of the molecule is CC(=O)N[C@@H](Cc1cc(F)cc(F)c1)[C@H](O)CNC1CC(c2cccc(C(C)(C)C)c2)CCN1c1ncccn1. The van der Waals surface area contributed by atoms with Crippen molar-refractivity contribution in [1.82, 2.24) is 20.6 Å². The second-order valence-corrected chi connectivity index (χ2v) is 11.6. The van der Waals surface area contributed by atoms with Crippen LogP contribution in [0.15, 0.2) is 60.9 Å². The molecule has 1 amide bonds. The van der Waals surface area contributed by atoms with Crippen LogP contribution in [-0.4, -0.2) is 52.4 Å². The fourth-order valence-electron chi connectivity index (χ4n) is 5.33. The summed E-state index contributed by atoms with van der Waals surface area (Å²) < 4.78 is 27.6. The maximum absolute atomic E-state index is 13.8. The standard InChI is InChI=1S/C31H39F2N5O2/c1-20(39)37-27(15-21-13-25(32)18-26(33)14-21)28(40)19-36-29-17-23(9-12-38(29)30-34-10-6-11-35-30)22-7-5-8-24(16-22)31(2,3)4/h5-8,10-11,13-14,16,18,23,27-29,36,40H,9,12,15,17,19H2,1-4H3,(H,37,39)/t23?,27-,28+,29?/m0/s1. The van der Waals surface area contributed by atoms with Crippen LogP contribution in [-0.2, 0) is 16.6 Å². The molecule has 0 bridgehead atoms. The van der Waals surface area contributed by atoms with E-state index in [0.29, 0.717) is 17.4 Å². The smallest absolute Gasteiger partial charge is 0.226 e. The number of hydrogen-bond donors (Lipinski definition) is 3. The molecule has 2 heterocycles. The molecule has 0 spiro atoms. The van der Waals surface area contributed by atoms with Gasteiger partial charge in [0.05, 0.1) is 18.3 Å². The van der Waals surface area contributed by atoms with Crippen molar-refractivity contribution < 1.29 is 18.7 Å². The number of aliphatic hydroxyl groups excluding tert-OH is 1. The van der Waals surface area contributed by atoms with Gasteiger partial charge in [-0.2, -0.15) is 0 Å². The molecule has 2 aromatic carbocycles. The summed E-state index contributed by atoms with van der Waals surface area (Å²) in [6.07, 6.45) is 3.98. The van der Waals surface area contributed by atoms with Gasteiger partial charge in [-0.25, -0.2) is 18.7 Å². The highest BCUT2D eigenvalue weighted by atomic mass is 19.1. The third-order valence-corrected chi connectivity index (χ3v) is 7.43. The number of carbonyl (C=O) groups excluding carboxylic acids is 1. The van der Waals surface area contributed by atoms with Gasteiger partial charge < -0.3 is 15.3 Å². The summed E-state index contributed by atoms with van der Waals surface area (Å²) in [6, 6.07) is 13.0. The number of piperidine rings is 1. The van der Waals surface area contributed by atoms with Gasteiger partial charge in [0, 0.05) is 38.5 Å². The fraction of sp³-hybridized carbons (Fsp3) is 0.452. The first-order valence-electron chi connectivity index (χ1n) is 13.8. The molecule has 214 valence electrons. The fourth-order valence-corrected chi connectivity index (χ4v) is 5.33. The number of aliphatic hydroxyl groups is 1. The third-order valence-electron chi connectivity index (χ3n) is 7.43. The van der Waals surface area contributed by atoms with Crippen molar-refractivity contribution in [2.45, 2.75) is 76.6 Å². The van der Waals surface area contributed by atoms with E-state index in [1.807, 2.05) is 0 Å². The predicted molar refractivity (Wildman–Crippen MR) is 152 cm³/mol. The highest BCUT2D eigenvalue weighted by Gasteiger charge is 2.32. The number of amides is 1. The van der Waals surface area contributed by atoms with Gasteiger partial charge in [0.15, 0.2) is 0 Å². The first-order chi connectivity index (χ1) is 19.0. The molecule has 4 atom stereocenters. The first-order valence-corrected chi connectivity index (χ1v) is 13.8. The molecule has 0 saturated carbocycles. The summed E-state index contributed by atoms with van der Waals surface area (Å²) in [5.41, 5.74) is 2.95. The summed E-state index contributed by atoms with van der Waals surface area (Å²) in [6.45, 7) is 8.83. The number of halogens is 2. The average Bonchev–Trinajstić information content (AvgIpc) is 2.90. The third kappa shape index (κ3) is 7.82. The lowest BCUT2D eigenvalue weighted by molar-refractivity contribution is -0.120. The van der Waals surface area contributed by atoms with Gasteiger partial charge in [-0.05, 0) is 65.5 Å². The Bertz CT molecular complexity index is 1260. The molecule has 7 nitrogen and oxygen atoms in total. The van der Waals surface area contributed by atoms with E-state index in [9.17, 15) is 18.7 Å². The minimum Gasteiger partial charge on any atom is -0.390 e. The second kappa shape index (κ2) is 12.8. The number of hydrogen-bond acceptors (Lipinski definition) is 6. The molecular formula is C31H39F2N5O2. The Morgan fingerprint density at radius 3 is 2.45 bits per heavy atom. The van der Waals surface area contributed by atoms with Crippen molar-refractivity contribution in [2.24, 2.45) is 0 Å². The van der Waals surface area contributed by atoms with E-state index in [2.05, 4.69) is 70.5 Å². The van der Waals surface area contributed by atoms with Crippen molar-refractivity contribution in [3.8, 4) is 0 Å². The van der Waals surface area contributed by atoms with Crippen LogP contribution in [0.4, 0.5) is 14.7 Å². The van der Waals surface area contributed by atoms with Crippen molar-refractivity contribution in [2.75, 3.05) is 18.0 Å². The molecule has 1 saturated heterocycles. The van der Waals surface area contributed by atoms with Gasteiger partial charge in [-0.3, -0.25) is 10.1 Å². The van der Waals surface area contributed by atoms with Gasteiger partial charge in [0.2, 0.25) is 11.9 Å². The van der Waals surface area contributed by atoms with E-state index in [1.165, 1.54) is 30.2 Å². The molecule has 1 fully saturated rings. The van der Waals surface area contributed by atoms with Crippen LogP contribution in [0.1, 0.15) is 63.1 Å². The highest BCUT2D eigenvalue weighted by molar-refractivity contribution is 5.73. The van der Waals surface area contributed by atoms with E-state index >= 15 is 0 Å². The van der Waals surface area contributed by atoms with Crippen LogP contribution >= 0.6 is 0 Å². The molecule has 0 aliphatic carbocycles. The molecule has 3 N–H and O–H groups in total. The van der Waals surface area contributed by atoms with Crippen LogP contribution in [0.5, 0.6) is 0 Å². The Balaban J connectivity index is 1.52. The molecular weight excluding hydrogens is 512 g/mol. The Morgan fingerprint density at radius 2 is 1.80 bits per heavy atom. The topological polar surface area (TPSA) is 90.4 Å². The van der Waals surface area contributed by atoms with Crippen LogP contribution in [0.25, 0.3) is 0 Å². The van der Waals surface area contributed by atoms with E-state index in [4.69, 9.17) is 0 Å². The zero-order valence-corrected chi connectivity index (χ0v) is 23.6. The Kier molecular flexibility index (Phi) is 9.48. The second-order valence-electron chi connectivity index (χ2n) is 11.6. The number of carbonyl (C=O) groups is 1. The molecule has 1 aliphatic heterocycles. The monoisotopic (exact) mass is 551 g/mol. The lowest BCUT2D eigenvalue weighted by Crippen LogP contribution is -2.55. The van der Waals surface area contributed by atoms with Gasteiger partial charge >= 0.3 is 0 Å². The zero-order chi connectivity index (χ0) is 28.9. The number of benzene rings is 2. The molecule has 1 aliphatic rings. The van der Waals surface area contributed by atoms with Gasteiger partial charge in [-0.1, -0.05) is 45.0 Å². The molecule has 3 aromatic rings. The highest BCUT2D eigenvalue weighted by Crippen LogP contribution is 2.34. The van der Waals surface area contributed by atoms with Crippen molar-refractivity contribution in [3.05, 3.63) is 89.2 Å².